The predicted molar refractivity (Wildman–Crippen MR) is 107 cm³/mol. The number of rotatable bonds is 5. The number of benzene rings is 1. The second-order valence-electron chi connectivity index (χ2n) is 6.67. The average molecular weight is 361 g/mol. The van der Waals surface area contributed by atoms with Crippen LogP contribution in [-0.2, 0) is 11.2 Å². The van der Waals surface area contributed by atoms with Gasteiger partial charge in [-0.25, -0.2) is 4.98 Å². The molecule has 5 heteroatoms. The summed E-state index contributed by atoms with van der Waals surface area (Å²) in [5.41, 5.74) is 4.39. The molecular weight excluding hydrogens is 338 g/mol. The molecule has 1 aliphatic heterocycles. The molecule has 27 heavy (non-hydrogen) atoms. The molecule has 2 aromatic heterocycles. The van der Waals surface area contributed by atoms with Gasteiger partial charge < -0.3 is 14.6 Å². The van der Waals surface area contributed by atoms with E-state index in [9.17, 15) is 4.79 Å². The molecule has 3 heterocycles. The van der Waals surface area contributed by atoms with Crippen LogP contribution in [0.2, 0.25) is 0 Å². The number of nitrogens with one attached hydrogen (secondary N) is 1. The first-order chi connectivity index (χ1) is 13.2. The molecule has 0 spiro atoms. The van der Waals surface area contributed by atoms with Crippen molar-refractivity contribution in [3.8, 4) is 5.75 Å². The molecule has 1 amide bonds. The highest BCUT2D eigenvalue weighted by molar-refractivity contribution is 5.91. The number of H-pyrrole nitrogens is 1. The molecule has 138 valence electrons. The molecule has 0 saturated heterocycles. The third-order valence-electron chi connectivity index (χ3n) is 4.95. The van der Waals surface area contributed by atoms with Crippen LogP contribution >= 0.6 is 0 Å². The van der Waals surface area contributed by atoms with E-state index >= 15 is 0 Å². The van der Waals surface area contributed by atoms with Gasteiger partial charge in [0.1, 0.15) is 11.4 Å². The van der Waals surface area contributed by atoms with Gasteiger partial charge in [0.15, 0.2) is 0 Å². The summed E-state index contributed by atoms with van der Waals surface area (Å²) in [7, 11) is 0. The van der Waals surface area contributed by atoms with Crippen molar-refractivity contribution in [2.75, 3.05) is 19.7 Å². The Kier molecular flexibility index (Phi) is 4.92. The highest BCUT2D eigenvalue weighted by Gasteiger charge is 2.19. The molecule has 4 rings (SSSR count). The number of aromatic nitrogens is 2. The van der Waals surface area contributed by atoms with Crippen LogP contribution in [0.1, 0.15) is 24.5 Å². The van der Waals surface area contributed by atoms with E-state index < -0.39 is 0 Å². The lowest BCUT2D eigenvalue weighted by atomic mass is 9.99. The molecule has 0 aliphatic carbocycles. The van der Waals surface area contributed by atoms with Crippen LogP contribution in [-0.4, -0.2) is 40.5 Å². The van der Waals surface area contributed by atoms with E-state index in [1.807, 2.05) is 48.4 Å². The van der Waals surface area contributed by atoms with Gasteiger partial charge in [-0.1, -0.05) is 18.2 Å². The number of carbonyl (C=O) groups is 1. The van der Waals surface area contributed by atoms with Gasteiger partial charge in [-0.05, 0) is 48.7 Å². The third kappa shape index (κ3) is 3.72. The van der Waals surface area contributed by atoms with Crippen molar-refractivity contribution in [3.05, 3.63) is 66.0 Å². The van der Waals surface area contributed by atoms with Crippen LogP contribution < -0.4 is 4.74 Å². The average Bonchev–Trinajstić information content (AvgIpc) is 3.14. The van der Waals surface area contributed by atoms with E-state index in [0.29, 0.717) is 19.6 Å². The summed E-state index contributed by atoms with van der Waals surface area (Å²) in [6.07, 6.45) is 7.25. The molecule has 0 fully saturated rings. The van der Waals surface area contributed by atoms with E-state index in [4.69, 9.17) is 4.74 Å². The summed E-state index contributed by atoms with van der Waals surface area (Å²) >= 11 is 0. The van der Waals surface area contributed by atoms with Crippen LogP contribution in [0.3, 0.4) is 0 Å². The molecule has 5 nitrogen and oxygen atoms in total. The molecule has 0 radical (unpaired) electrons. The van der Waals surface area contributed by atoms with Gasteiger partial charge in [0.25, 0.3) is 0 Å². The first-order valence-electron chi connectivity index (χ1n) is 9.35. The Morgan fingerprint density at radius 3 is 2.85 bits per heavy atom. The Hall–Kier alpha value is -3.08. The van der Waals surface area contributed by atoms with E-state index in [0.717, 1.165) is 35.3 Å². The Morgan fingerprint density at radius 1 is 1.26 bits per heavy atom. The van der Waals surface area contributed by atoms with Crippen LogP contribution in [0.15, 0.2) is 54.9 Å². The number of fused-ring (bicyclic) bond motifs is 1. The smallest absolute Gasteiger partial charge is 0.227 e. The van der Waals surface area contributed by atoms with E-state index in [2.05, 4.69) is 22.1 Å². The summed E-state index contributed by atoms with van der Waals surface area (Å²) in [5.74, 6) is 1.00. The largest absolute Gasteiger partial charge is 0.494 e. The van der Waals surface area contributed by atoms with Crippen molar-refractivity contribution in [2.45, 2.75) is 19.8 Å². The zero-order valence-electron chi connectivity index (χ0n) is 15.4. The van der Waals surface area contributed by atoms with Gasteiger partial charge in [0, 0.05) is 36.4 Å². The first kappa shape index (κ1) is 17.3. The Balaban J connectivity index is 1.41. The van der Waals surface area contributed by atoms with Crippen LogP contribution in [0.25, 0.3) is 16.6 Å². The first-order valence-corrected chi connectivity index (χ1v) is 9.35. The molecule has 0 atom stereocenters. The molecular formula is C22H23N3O2. The van der Waals surface area contributed by atoms with Gasteiger partial charge in [-0.3, -0.25) is 4.79 Å². The number of hydrogen-bond acceptors (Lipinski definition) is 3. The lowest BCUT2D eigenvalue weighted by molar-refractivity contribution is -0.130. The minimum atomic E-state index is 0.162. The van der Waals surface area contributed by atoms with Gasteiger partial charge in [-0.2, -0.15) is 0 Å². The molecule has 0 unspecified atom stereocenters. The van der Waals surface area contributed by atoms with Crippen LogP contribution in [0.4, 0.5) is 0 Å². The number of carbonyl (C=O) groups excluding carboxylic acids is 1. The number of hydrogen-bond donors (Lipinski definition) is 1. The van der Waals surface area contributed by atoms with E-state index in [1.54, 1.807) is 6.20 Å². The van der Waals surface area contributed by atoms with Crippen molar-refractivity contribution in [1.82, 2.24) is 14.9 Å². The second-order valence-corrected chi connectivity index (χ2v) is 6.67. The van der Waals surface area contributed by atoms with Gasteiger partial charge in [-0.15, -0.1) is 0 Å². The zero-order chi connectivity index (χ0) is 18.6. The summed E-state index contributed by atoms with van der Waals surface area (Å²) in [4.78, 5) is 22.1. The van der Waals surface area contributed by atoms with Crippen molar-refractivity contribution in [2.24, 2.45) is 0 Å². The lowest BCUT2D eigenvalue weighted by Gasteiger charge is -2.26. The molecule has 1 aromatic carbocycles. The van der Waals surface area contributed by atoms with Crippen molar-refractivity contribution >= 4 is 22.5 Å². The van der Waals surface area contributed by atoms with Crippen molar-refractivity contribution in [1.29, 1.82) is 0 Å². The standard InChI is InChI=1S/C22H23N3O2/c1-2-27-18-7-5-16(6-8-18)14-21(26)25-12-9-17(10-13-25)20-15-24-22-19(20)4-3-11-23-22/h3-9,11,15H,2,10,12-14H2,1H3,(H,23,24). The highest BCUT2D eigenvalue weighted by Crippen LogP contribution is 2.28. The Morgan fingerprint density at radius 2 is 2.11 bits per heavy atom. The molecule has 3 aromatic rings. The fraction of sp³-hybridized carbons (Fsp3) is 0.273. The number of nitrogens with zero attached hydrogens (tertiary/aromatic N) is 2. The summed E-state index contributed by atoms with van der Waals surface area (Å²) in [6, 6.07) is 11.8. The number of pyridine rings is 1. The maximum atomic E-state index is 12.6. The summed E-state index contributed by atoms with van der Waals surface area (Å²) < 4.78 is 5.45. The quantitative estimate of drug-likeness (QED) is 0.752. The topological polar surface area (TPSA) is 58.2 Å². The minimum absolute atomic E-state index is 0.162. The second kappa shape index (κ2) is 7.66. The highest BCUT2D eigenvalue weighted by atomic mass is 16.5. The minimum Gasteiger partial charge on any atom is -0.494 e. The number of ether oxygens (including phenoxy) is 1. The van der Waals surface area contributed by atoms with Gasteiger partial charge >= 0.3 is 0 Å². The third-order valence-corrected chi connectivity index (χ3v) is 4.95. The zero-order valence-corrected chi connectivity index (χ0v) is 15.4. The SMILES string of the molecule is CCOc1ccc(CC(=O)N2CC=C(c3c[nH]c4ncccc34)CC2)cc1. The fourth-order valence-corrected chi connectivity index (χ4v) is 3.52. The maximum absolute atomic E-state index is 12.6. The molecule has 0 saturated carbocycles. The number of aromatic amines is 1. The van der Waals surface area contributed by atoms with E-state index in [1.165, 1.54) is 11.1 Å². The summed E-state index contributed by atoms with van der Waals surface area (Å²) in [6.45, 7) is 4.00. The van der Waals surface area contributed by atoms with E-state index in [-0.39, 0.29) is 5.91 Å². The maximum Gasteiger partial charge on any atom is 0.227 e. The Labute approximate surface area is 158 Å². The van der Waals surface area contributed by atoms with Crippen molar-refractivity contribution < 1.29 is 9.53 Å². The summed E-state index contributed by atoms with van der Waals surface area (Å²) in [5, 5.41) is 1.14. The lowest BCUT2D eigenvalue weighted by Crippen LogP contribution is -2.35. The van der Waals surface area contributed by atoms with Crippen molar-refractivity contribution in [3.63, 3.8) is 0 Å². The van der Waals surface area contributed by atoms with Crippen LogP contribution in [0, 0.1) is 0 Å². The monoisotopic (exact) mass is 361 g/mol. The predicted octanol–water partition coefficient (Wildman–Crippen LogP) is 3.82. The molecule has 1 N–H and O–H groups in total. The molecule has 0 bridgehead atoms. The molecule has 1 aliphatic rings. The van der Waals surface area contributed by atoms with Crippen LogP contribution in [0.5, 0.6) is 5.75 Å². The normalized spacial score (nSPS) is 14.3. The fourth-order valence-electron chi connectivity index (χ4n) is 3.52. The van der Waals surface area contributed by atoms with Gasteiger partial charge in [0.2, 0.25) is 5.91 Å². The van der Waals surface area contributed by atoms with Gasteiger partial charge in [0.05, 0.1) is 13.0 Å². The Bertz CT molecular complexity index is 973. The number of amides is 1.